The van der Waals surface area contributed by atoms with E-state index in [4.69, 9.17) is 5.11 Å². The third kappa shape index (κ3) is 3.45. The molecule has 0 saturated heterocycles. The molecule has 0 aliphatic heterocycles. The van der Waals surface area contributed by atoms with E-state index in [2.05, 4.69) is 0 Å². The summed E-state index contributed by atoms with van der Waals surface area (Å²) in [5.41, 5.74) is -1.13. The van der Waals surface area contributed by atoms with Gasteiger partial charge in [0.1, 0.15) is 11.4 Å². The highest BCUT2D eigenvalue weighted by molar-refractivity contribution is 5.86. The van der Waals surface area contributed by atoms with Gasteiger partial charge in [-0.2, -0.15) is 0 Å². The molecule has 7 heteroatoms. The molecule has 2 aromatic rings. The molecule has 0 saturated carbocycles. The maximum Gasteiger partial charge on any atom is 0.342 e. The number of aromatic nitrogens is 2. The summed E-state index contributed by atoms with van der Waals surface area (Å²) in [6.45, 7) is 3.79. The number of allylic oxidation sites excluding steroid dienone is 2. The van der Waals surface area contributed by atoms with Gasteiger partial charge in [0.15, 0.2) is 0 Å². The van der Waals surface area contributed by atoms with E-state index in [-0.39, 0.29) is 12.2 Å². The van der Waals surface area contributed by atoms with Crippen molar-refractivity contribution >= 4 is 5.97 Å². The summed E-state index contributed by atoms with van der Waals surface area (Å²) < 4.78 is 14.9. The van der Waals surface area contributed by atoms with Gasteiger partial charge in [-0.25, -0.2) is 18.5 Å². The van der Waals surface area contributed by atoms with E-state index in [0.717, 1.165) is 33.0 Å². The second-order valence-corrected chi connectivity index (χ2v) is 5.18. The molecular formula is C16H15FN2O4. The molecule has 1 heterocycles. The van der Waals surface area contributed by atoms with E-state index in [0.29, 0.717) is 0 Å². The lowest BCUT2D eigenvalue weighted by Crippen LogP contribution is -2.41. The molecule has 2 rings (SSSR count). The average molecular weight is 318 g/mol. The predicted molar refractivity (Wildman–Crippen MR) is 82.6 cm³/mol. The molecule has 0 amide bonds. The van der Waals surface area contributed by atoms with Gasteiger partial charge in [-0.1, -0.05) is 11.6 Å². The summed E-state index contributed by atoms with van der Waals surface area (Å²) >= 11 is 0. The van der Waals surface area contributed by atoms with Crippen LogP contribution in [0.4, 0.5) is 4.39 Å². The number of carboxylic acids is 1. The van der Waals surface area contributed by atoms with Crippen LogP contribution in [0.15, 0.2) is 51.7 Å². The Bertz CT molecular complexity index is 888. The Morgan fingerprint density at radius 3 is 2.35 bits per heavy atom. The van der Waals surface area contributed by atoms with Crippen LogP contribution in [0.5, 0.6) is 0 Å². The summed E-state index contributed by atoms with van der Waals surface area (Å²) in [6, 6.07) is 4.67. The summed E-state index contributed by atoms with van der Waals surface area (Å²) in [5.74, 6) is -1.96. The number of hydrogen-bond donors (Lipinski definition) is 1. The quantitative estimate of drug-likeness (QED) is 0.872. The van der Waals surface area contributed by atoms with Gasteiger partial charge in [-0.15, -0.1) is 0 Å². The van der Waals surface area contributed by atoms with E-state index >= 15 is 0 Å². The van der Waals surface area contributed by atoms with Crippen molar-refractivity contribution in [1.82, 2.24) is 9.13 Å². The fourth-order valence-electron chi connectivity index (χ4n) is 1.98. The Labute approximate surface area is 130 Å². The molecule has 0 radical (unpaired) electrons. The normalized spacial score (nSPS) is 10.4. The minimum Gasteiger partial charge on any atom is -0.477 e. The molecule has 1 aromatic carbocycles. The van der Waals surface area contributed by atoms with Gasteiger partial charge in [0.05, 0.1) is 5.69 Å². The van der Waals surface area contributed by atoms with Crippen molar-refractivity contribution in [2.24, 2.45) is 0 Å². The molecule has 0 fully saturated rings. The maximum atomic E-state index is 13.0. The van der Waals surface area contributed by atoms with Crippen LogP contribution < -0.4 is 11.2 Å². The number of carbonyl (C=O) groups is 1. The third-order valence-electron chi connectivity index (χ3n) is 3.17. The second-order valence-electron chi connectivity index (χ2n) is 5.18. The summed E-state index contributed by atoms with van der Waals surface area (Å²) in [6.07, 6.45) is 2.75. The van der Waals surface area contributed by atoms with Crippen molar-refractivity contribution in [3.05, 3.63) is 74.3 Å². The number of carboxylic acid groups (broad SMARTS) is 1. The Morgan fingerprint density at radius 1 is 1.22 bits per heavy atom. The van der Waals surface area contributed by atoms with Crippen molar-refractivity contribution < 1.29 is 14.3 Å². The van der Waals surface area contributed by atoms with Crippen LogP contribution in [-0.4, -0.2) is 20.2 Å². The molecule has 23 heavy (non-hydrogen) atoms. The summed E-state index contributed by atoms with van der Waals surface area (Å²) in [5, 5.41) is 9.17. The molecule has 0 bridgehead atoms. The number of rotatable bonds is 4. The first-order valence-electron chi connectivity index (χ1n) is 6.80. The molecule has 0 spiro atoms. The van der Waals surface area contributed by atoms with Gasteiger partial charge >= 0.3 is 11.7 Å². The molecule has 0 aliphatic carbocycles. The van der Waals surface area contributed by atoms with Gasteiger partial charge in [0.25, 0.3) is 5.56 Å². The molecule has 0 aliphatic rings. The number of aromatic carboxylic acids is 1. The summed E-state index contributed by atoms with van der Waals surface area (Å²) in [7, 11) is 0. The molecule has 0 unspecified atom stereocenters. The van der Waals surface area contributed by atoms with Gasteiger partial charge in [0.2, 0.25) is 0 Å². The van der Waals surface area contributed by atoms with Crippen LogP contribution in [0.2, 0.25) is 0 Å². The lowest BCUT2D eigenvalue weighted by atomic mass is 10.2. The van der Waals surface area contributed by atoms with Gasteiger partial charge in [-0.05, 0) is 38.1 Å². The van der Waals surface area contributed by atoms with Crippen LogP contribution in [0.3, 0.4) is 0 Å². The van der Waals surface area contributed by atoms with Crippen molar-refractivity contribution in [3.63, 3.8) is 0 Å². The molecule has 6 nitrogen and oxygen atoms in total. The summed E-state index contributed by atoms with van der Waals surface area (Å²) in [4.78, 5) is 36.0. The lowest BCUT2D eigenvalue weighted by Gasteiger charge is -2.10. The van der Waals surface area contributed by atoms with Crippen molar-refractivity contribution in [1.29, 1.82) is 0 Å². The van der Waals surface area contributed by atoms with Crippen molar-refractivity contribution in [2.45, 2.75) is 20.4 Å². The molecule has 0 atom stereocenters. The van der Waals surface area contributed by atoms with Crippen molar-refractivity contribution in [2.75, 3.05) is 0 Å². The fraction of sp³-hybridized carbons (Fsp3) is 0.188. The number of benzene rings is 1. The van der Waals surface area contributed by atoms with Gasteiger partial charge in [-0.3, -0.25) is 9.36 Å². The van der Waals surface area contributed by atoms with Gasteiger partial charge in [0, 0.05) is 12.7 Å². The third-order valence-corrected chi connectivity index (χ3v) is 3.17. The number of nitrogens with zero attached hydrogens (tertiary/aromatic N) is 2. The highest BCUT2D eigenvalue weighted by Gasteiger charge is 2.17. The smallest absolute Gasteiger partial charge is 0.342 e. The van der Waals surface area contributed by atoms with E-state index in [1.54, 1.807) is 6.08 Å². The van der Waals surface area contributed by atoms with Gasteiger partial charge < -0.3 is 5.11 Å². The molecule has 1 N–H and O–H groups in total. The Kier molecular flexibility index (Phi) is 4.59. The minimum atomic E-state index is -1.43. The SMILES string of the molecule is CC(C)=CCn1cc(C(=O)O)c(=O)n(-c2ccc(F)cc2)c1=O. The van der Waals surface area contributed by atoms with Crippen molar-refractivity contribution in [3.8, 4) is 5.69 Å². The zero-order valence-electron chi connectivity index (χ0n) is 12.6. The fourth-order valence-corrected chi connectivity index (χ4v) is 1.98. The maximum absolute atomic E-state index is 13.0. The van der Waals surface area contributed by atoms with E-state index in [1.165, 1.54) is 12.1 Å². The van der Waals surface area contributed by atoms with E-state index < -0.39 is 28.6 Å². The van der Waals surface area contributed by atoms with Crippen LogP contribution >= 0.6 is 0 Å². The topological polar surface area (TPSA) is 81.3 Å². The van der Waals surface area contributed by atoms with Crippen LogP contribution in [-0.2, 0) is 6.54 Å². The first-order valence-corrected chi connectivity index (χ1v) is 6.80. The molecule has 1 aromatic heterocycles. The van der Waals surface area contributed by atoms with Crippen LogP contribution in [0.1, 0.15) is 24.2 Å². The highest BCUT2D eigenvalue weighted by atomic mass is 19.1. The largest absolute Gasteiger partial charge is 0.477 e. The van der Waals surface area contributed by atoms with Crippen LogP contribution in [0, 0.1) is 5.82 Å². The number of hydrogen-bond acceptors (Lipinski definition) is 3. The Morgan fingerprint density at radius 2 is 1.83 bits per heavy atom. The monoisotopic (exact) mass is 318 g/mol. The zero-order chi connectivity index (χ0) is 17.1. The highest BCUT2D eigenvalue weighted by Crippen LogP contribution is 2.05. The average Bonchev–Trinajstić information content (AvgIpc) is 2.48. The lowest BCUT2D eigenvalue weighted by molar-refractivity contribution is 0.0693. The Hall–Kier alpha value is -2.96. The standard InChI is InChI=1S/C16H15FN2O4/c1-10(2)7-8-18-9-13(15(21)22)14(20)19(16(18)23)12-5-3-11(17)4-6-12/h3-7,9H,8H2,1-2H3,(H,21,22). The van der Waals surface area contributed by atoms with E-state index in [1.807, 2.05) is 13.8 Å². The first kappa shape index (κ1) is 16.4. The Balaban J connectivity index is 2.76. The minimum absolute atomic E-state index is 0.107. The second kappa shape index (κ2) is 6.43. The van der Waals surface area contributed by atoms with E-state index in [9.17, 15) is 18.8 Å². The zero-order valence-corrected chi connectivity index (χ0v) is 12.6. The molecule has 120 valence electrons. The number of halogens is 1. The van der Waals surface area contributed by atoms with Crippen LogP contribution in [0.25, 0.3) is 5.69 Å². The first-order chi connectivity index (χ1) is 10.8. The predicted octanol–water partition coefficient (Wildman–Crippen LogP) is 1.80. The molecular weight excluding hydrogens is 303 g/mol.